The fourth-order valence-electron chi connectivity index (χ4n) is 2.86. The molecule has 0 aromatic heterocycles. The summed E-state index contributed by atoms with van der Waals surface area (Å²) in [5.74, 6) is 0.614. The molecule has 1 aromatic carbocycles. The van der Waals surface area contributed by atoms with E-state index >= 15 is 0 Å². The zero-order valence-corrected chi connectivity index (χ0v) is 13.0. The van der Waals surface area contributed by atoms with Gasteiger partial charge in [-0.15, -0.1) is 0 Å². The van der Waals surface area contributed by atoms with Gasteiger partial charge in [-0.3, -0.25) is 0 Å². The number of rotatable bonds is 3. The molecule has 0 saturated carbocycles. The van der Waals surface area contributed by atoms with Gasteiger partial charge in [0.25, 0.3) is 0 Å². The van der Waals surface area contributed by atoms with Crippen molar-refractivity contribution in [3.63, 3.8) is 0 Å². The first kappa shape index (κ1) is 14.8. The lowest BCUT2D eigenvalue weighted by molar-refractivity contribution is 0.255. The molecule has 0 unspecified atom stereocenters. The van der Waals surface area contributed by atoms with Crippen molar-refractivity contribution in [2.24, 2.45) is 5.73 Å². The summed E-state index contributed by atoms with van der Waals surface area (Å²) < 4.78 is 0. The van der Waals surface area contributed by atoms with Crippen LogP contribution < -0.4 is 5.73 Å². The van der Waals surface area contributed by atoms with Gasteiger partial charge in [0, 0.05) is 10.6 Å². The maximum Gasteiger partial charge on any atom is 0.0443 e. The molecular formula is C16H25ClN2. The average molecular weight is 281 g/mol. The van der Waals surface area contributed by atoms with Gasteiger partial charge in [0.2, 0.25) is 0 Å². The highest BCUT2D eigenvalue weighted by Gasteiger charge is 2.21. The Bertz CT molecular complexity index is 429. The van der Waals surface area contributed by atoms with Crippen molar-refractivity contribution < 1.29 is 0 Å². The maximum atomic E-state index is 6.47. The Hall–Kier alpha value is -0.570. The van der Waals surface area contributed by atoms with Crippen molar-refractivity contribution in [1.29, 1.82) is 0 Å². The van der Waals surface area contributed by atoms with E-state index in [4.69, 9.17) is 17.3 Å². The van der Waals surface area contributed by atoms with E-state index < -0.39 is 0 Å². The number of hydrogen-bond acceptors (Lipinski definition) is 2. The molecule has 2 N–H and O–H groups in total. The first-order valence-electron chi connectivity index (χ1n) is 7.11. The Kier molecular flexibility index (Phi) is 4.54. The largest absolute Gasteiger partial charge is 0.325 e. The molecule has 106 valence electrons. The summed E-state index contributed by atoms with van der Waals surface area (Å²) in [4.78, 5) is 2.38. The van der Waals surface area contributed by atoms with Gasteiger partial charge >= 0.3 is 0 Å². The molecule has 1 fully saturated rings. The number of hydrogen-bond donors (Lipinski definition) is 1. The summed E-state index contributed by atoms with van der Waals surface area (Å²) >= 11 is 6.47. The standard InChI is InChI=1S/C16H25ClN2/c1-16(2,18)11-12-4-5-14(15(17)10-12)13-6-8-19(3)9-7-13/h4-5,10,13H,6-9,11,18H2,1-3H3. The van der Waals surface area contributed by atoms with Crippen LogP contribution in [0.25, 0.3) is 0 Å². The monoisotopic (exact) mass is 280 g/mol. The first-order chi connectivity index (χ1) is 8.85. The van der Waals surface area contributed by atoms with Crippen LogP contribution in [0.2, 0.25) is 5.02 Å². The third-order valence-corrected chi connectivity index (χ3v) is 4.21. The topological polar surface area (TPSA) is 29.3 Å². The van der Waals surface area contributed by atoms with Crippen molar-refractivity contribution in [2.45, 2.75) is 44.6 Å². The van der Waals surface area contributed by atoms with Crippen LogP contribution in [0, 0.1) is 0 Å². The smallest absolute Gasteiger partial charge is 0.0443 e. The lowest BCUT2D eigenvalue weighted by Crippen LogP contribution is -2.34. The van der Waals surface area contributed by atoms with E-state index in [0.717, 1.165) is 11.4 Å². The molecule has 0 radical (unpaired) electrons. The number of halogens is 1. The van der Waals surface area contributed by atoms with E-state index in [1.54, 1.807) is 0 Å². The molecule has 0 atom stereocenters. The van der Waals surface area contributed by atoms with Gasteiger partial charge in [-0.05, 0) is 76.4 Å². The molecular weight excluding hydrogens is 256 g/mol. The van der Waals surface area contributed by atoms with E-state index in [0.29, 0.717) is 5.92 Å². The van der Waals surface area contributed by atoms with Crippen LogP contribution >= 0.6 is 11.6 Å². The molecule has 0 spiro atoms. The fraction of sp³-hybridized carbons (Fsp3) is 0.625. The molecule has 2 rings (SSSR count). The predicted octanol–water partition coefficient (Wildman–Crippen LogP) is 3.43. The Morgan fingerprint density at radius 2 is 1.95 bits per heavy atom. The van der Waals surface area contributed by atoms with Gasteiger partial charge < -0.3 is 10.6 Å². The average Bonchev–Trinajstić information content (AvgIpc) is 2.29. The predicted molar refractivity (Wildman–Crippen MR) is 82.9 cm³/mol. The Morgan fingerprint density at radius 1 is 1.32 bits per heavy atom. The lowest BCUT2D eigenvalue weighted by Gasteiger charge is -2.30. The normalized spacial score (nSPS) is 18.8. The van der Waals surface area contributed by atoms with Gasteiger partial charge in [-0.1, -0.05) is 23.7 Å². The highest BCUT2D eigenvalue weighted by Crippen LogP contribution is 2.33. The second kappa shape index (κ2) is 5.82. The van der Waals surface area contributed by atoms with Gasteiger partial charge in [0.1, 0.15) is 0 Å². The number of benzene rings is 1. The van der Waals surface area contributed by atoms with E-state index in [1.165, 1.54) is 37.1 Å². The van der Waals surface area contributed by atoms with Crippen molar-refractivity contribution in [1.82, 2.24) is 4.90 Å². The van der Waals surface area contributed by atoms with Gasteiger partial charge in [0.15, 0.2) is 0 Å². The minimum Gasteiger partial charge on any atom is -0.325 e. The number of piperidine rings is 1. The Labute approximate surface area is 121 Å². The summed E-state index contributed by atoms with van der Waals surface area (Å²) in [6.45, 7) is 6.43. The SMILES string of the molecule is CN1CCC(c2ccc(CC(C)(C)N)cc2Cl)CC1. The lowest BCUT2D eigenvalue weighted by atomic mass is 9.88. The van der Waals surface area contributed by atoms with Crippen LogP contribution in [0.5, 0.6) is 0 Å². The Balaban J connectivity index is 2.11. The summed E-state index contributed by atoms with van der Waals surface area (Å²) in [5, 5.41) is 0.913. The van der Waals surface area contributed by atoms with Crippen LogP contribution in [0.3, 0.4) is 0 Å². The van der Waals surface area contributed by atoms with Crippen LogP contribution in [0.1, 0.15) is 43.7 Å². The third kappa shape index (κ3) is 4.20. The molecule has 1 aromatic rings. The summed E-state index contributed by atoms with van der Waals surface area (Å²) in [6, 6.07) is 6.50. The second-order valence-electron chi connectivity index (χ2n) is 6.60. The summed E-state index contributed by atoms with van der Waals surface area (Å²) in [6.07, 6.45) is 3.27. The number of likely N-dealkylation sites (tertiary alicyclic amines) is 1. The van der Waals surface area contributed by atoms with Crippen LogP contribution in [0.4, 0.5) is 0 Å². The molecule has 0 bridgehead atoms. The van der Waals surface area contributed by atoms with E-state index in [9.17, 15) is 0 Å². The van der Waals surface area contributed by atoms with Gasteiger partial charge in [-0.25, -0.2) is 0 Å². The zero-order chi connectivity index (χ0) is 14.0. The van der Waals surface area contributed by atoms with Crippen molar-refractivity contribution in [3.05, 3.63) is 34.3 Å². The molecule has 0 amide bonds. The minimum absolute atomic E-state index is 0.182. The van der Waals surface area contributed by atoms with E-state index in [2.05, 4.69) is 30.1 Å². The molecule has 1 heterocycles. The second-order valence-corrected chi connectivity index (χ2v) is 7.01. The fourth-order valence-corrected chi connectivity index (χ4v) is 3.21. The minimum atomic E-state index is -0.182. The van der Waals surface area contributed by atoms with E-state index in [-0.39, 0.29) is 5.54 Å². The molecule has 1 saturated heterocycles. The van der Waals surface area contributed by atoms with Crippen LogP contribution in [-0.4, -0.2) is 30.6 Å². The third-order valence-electron chi connectivity index (χ3n) is 3.88. The number of nitrogens with zero attached hydrogens (tertiary/aromatic N) is 1. The van der Waals surface area contributed by atoms with Gasteiger partial charge in [0.05, 0.1) is 0 Å². The molecule has 1 aliphatic rings. The van der Waals surface area contributed by atoms with Gasteiger partial charge in [-0.2, -0.15) is 0 Å². The molecule has 1 aliphatic heterocycles. The molecule has 3 heteroatoms. The van der Waals surface area contributed by atoms with Crippen molar-refractivity contribution in [2.75, 3.05) is 20.1 Å². The maximum absolute atomic E-state index is 6.47. The van der Waals surface area contributed by atoms with Crippen molar-refractivity contribution >= 4 is 11.6 Å². The highest BCUT2D eigenvalue weighted by molar-refractivity contribution is 6.31. The summed E-state index contributed by atoms with van der Waals surface area (Å²) in [5.41, 5.74) is 8.43. The van der Waals surface area contributed by atoms with Crippen LogP contribution in [-0.2, 0) is 6.42 Å². The quantitative estimate of drug-likeness (QED) is 0.919. The highest BCUT2D eigenvalue weighted by atomic mass is 35.5. The molecule has 19 heavy (non-hydrogen) atoms. The van der Waals surface area contributed by atoms with Crippen LogP contribution in [0.15, 0.2) is 18.2 Å². The first-order valence-corrected chi connectivity index (χ1v) is 7.49. The number of nitrogens with two attached hydrogens (primary N) is 1. The Morgan fingerprint density at radius 3 is 2.47 bits per heavy atom. The van der Waals surface area contributed by atoms with Crippen molar-refractivity contribution in [3.8, 4) is 0 Å². The van der Waals surface area contributed by atoms with E-state index in [1.807, 2.05) is 13.8 Å². The zero-order valence-electron chi connectivity index (χ0n) is 12.2. The summed E-state index contributed by atoms with van der Waals surface area (Å²) in [7, 11) is 2.18. The molecule has 0 aliphatic carbocycles. The molecule has 2 nitrogen and oxygen atoms in total.